The highest BCUT2D eigenvalue weighted by atomic mass is 16.5. The van der Waals surface area contributed by atoms with Crippen LogP contribution in [-0.2, 0) is 4.74 Å². The molecule has 0 unspecified atom stereocenters. The highest BCUT2D eigenvalue weighted by Crippen LogP contribution is 2.21. The van der Waals surface area contributed by atoms with E-state index in [0.717, 1.165) is 12.1 Å². The van der Waals surface area contributed by atoms with Gasteiger partial charge in [-0.2, -0.15) is 0 Å². The zero-order chi connectivity index (χ0) is 13.8. The topological polar surface area (TPSA) is 77.2 Å². The number of fused-ring (bicyclic) bond motifs is 1. The lowest BCUT2D eigenvalue weighted by Crippen LogP contribution is -2.25. The lowest BCUT2D eigenvalue weighted by molar-refractivity contribution is 0.0950. The van der Waals surface area contributed by atoms with E-state index in [2.05, 4.69) is 15.5 Å². The summed E-state index contributed by atoms with van der Waals surface area (Å²) in [7, 11) is 1.64. The van der Waals surface area contributed by atoms with E-state index in [4.69, 9.17) is 9.26 Å². The predicted molar refractivity (Wildman–Crippen MR) is 70.1 cm³/mol. The number of carbonyl (C=O) groups is 1. The van der Waals surface area contributed by atoms with Gasteiger partial charge < -0.3 is 14.6 Å². The average Bonchev–Trinajstić information content (AvgIpc) is 2.75. The maximum atomic E-state index is 12.2. The minimum Gasteiger partial charge on any atom is -0.385 e. The molecule has 0 aliphatic rings. The maximum absolute atomic E-state index is 12.2. The average molecular weight is 263 g/mol. The van der Waals surface area contributed by atoms with Crippen LogP contribution in [0.15, 0.2) is 10.6 Å². The Balaban J connectivity index is 2.23. The Bertz CT molecular complexity index is 592. The van der Waals surface area contributed by atoms with Gasteiger partial charge in [0.25, 0.3) is 11.6 Å². The number of hydrogen-bond donors (Lipinski definition) is 1. The zero-order valence-corrected chi connectivity index (χ0v) is 11.3. The van der Waals surface area contributed by atoms with Crippen LogP contribution in [0, 0.1) is 13.8 Å². The summed E-state index contributed by atoms with van der Waals surface area (Å²) in [5.74, 6) is -0.141. The summed E-state index contributed by atoms with van der Waals surface area (Å²) in [5.41, 5.74) is 2.36. The molecule has 0 aliphatic heterocycles. The van der Waals surface area contributed by atoms with Crippen LogP contribution in [0.4, 0.5) is 0 Å². The van der Waals surface area contributed by atoms with Crippen molar-refractivity contribution in [1.29, 1.82) is 0 Å². The Hall–Kier alpha value is -1.95. The molecule has 1 N–H and O–H groups in total. The molecule has 2 aromatic rings. The van der Waals surface area contributed by atoms with Crippen molar-refractivity contribution < 1.29 is 14.1 Å². The van der Waals surface area contributed by atoms with Crippen LogP contribution < -0.4 is 5.32 Å². The van der Waals surface area contributed by atoms with Crippen LogP contribution in [0.3, 0.4) is 0 Å². The van der Waals surface area contributed by atoms with Gasteiger partial charge in [0.15, 0.2) is 0 Å². The van der Waals surface area contributed by atoms with E-state index in [1.165, 1.54) is 0 Å². The van der Waals surface area contributed by atoms with Gasteiger partial charge in [-0.05, 0) is 26.3 Å². The Morgan fingerprint density at radius 1 is 1.47 bits per heavy atom. The Kier molecular flexibility index (Phi) is 4.11. The Morgan fingerprint density at radius 2 is 2.26 bits per heavy atom. The number of methoxy groups -OCH3 is 1. The van der Waals surface area contributed by atoms with Crippen LogP contribution in [0.1, 0.15) is 28.2 Å². The minimum atomic E-state index is -0.141. The Labute approximate surface area is 111 Å². The molecule has 0 atom stereocenters. The molecule has 2 rings (SSSR count). The molecule has 6 nitrogen and oxygen atoms in total. The molecule has 0 spiro atoms. The molecule has 0 bridgehead atoms. The molecule has 1 amide bonds. The molecule has 102 valence electrons. The number of aryl methyl sites for hydroxylation is 2. The lowest BCUT2D eigenvalue weighted by atomic mass is 10.1. The summed E-state index contributed by atoms with van der Waals surface area (Å²) in [4.78, 5) is 16.4. The van der Waals surface area contributed by atoms with Gasteiger partial charge in [-0.25, -0.2) is 4.98 Å². The van der Waals surface area contributed by atoms with Crippen molar-refractivity contribution in [2.24, 2.45) is 0 Å². The molecule has 0 fully saturated rings. The third kappa shape index (κ3) is 2.90. The number of aromatic nitrogens is 2. The van der Waals surface area contributed by atoms with Crippen molar-refractivity contribution in [2.75, 3.05) is 20.3 Å². The van der Waals surface area contributed by atoms with Crippen molar-refractivity contribution in [2.45, 2.75) is 20.3 Å². The van der Waals surface area contributed by atoms with Gasteiger partial charge in [-0.1, -0.05) is 5.16 Å². The number of nitrogens with zero attached hydrogens (tertiary/aromatic N) is 2. The van der Waals surface area contributed by atoms with Crippen LogP contribution in [-0.4, -0.2) is 36.3 Å². The second kappa shape index (κ2) is 5.79. The largest absolute Gasteiger partial charge is 0.385 e. The molecule has 0 radical (unpaired) electrons. The fourth-order valence-electron chi connectivity index (χ4n) is 1.91. The van der Waals surface area contributed by atoms with Crippen LogP contribution in [0.5, 0.6) is 0 Å². The molecular formula is C13H17N3O3. The molecule has 0 saturated carbocycles. The summed E-state index contributed by atoms with van der Waals surface area (Å²) in [6.45, 7) is 4.81. The van der Waals surface area contributed by atoms with E-state index >= 15 is 0 Å². The number of carbonyl (C=O) groups excluding carboxylic acids is 1. The third-order valence-corrected chi connectivity index (χ3v) is 2.80. The van der Waals surface area contributed by atoms with Crippen molar-refractivity contribution in [1.82, 2.24) is 15.5 Å². The number of nitrogens with one attached hydrogen (secondary N) is 1. The van der Waals surface area contributed by atoms with E-state index in [0.29, 0.717) is 35.5 Å². The molecule has 19 heavy (non-hydrogen) atoms. The molecule has 2 aromatic heterocycles. The van der Waals surface area contributed by atoms with Gasteiger partial charge in [0.05, 0.1) is 16.6 Å². The van der Waals surface area contributed by atoms with Gasteiger partial charge in [-0.15, -0.1) is 0 Å². The summed E-state index contributed by atoms with van der Waals surface area (Å²) in [5, 5.41) is 7.38. The maximum Gasteiger partial charge on any atom is 0.258 e. The summed E-state index contributed by atoms with van der Waals surface area (Å²) in [6, 6.07) is 1.75. The Morgan fingerprint density at radius 3 is 3.00 bits per heavy atom. The minimum absolute atomic E-state index is 0.141. The SMILES string of the molecule is COCCCNC(=O)c1cc(C)nc2onc(C)c12. The van der Waals surface area contributed by atoms with Crippen molar-refractivity contribution in [3.05, 3.63) is 23.0 Å². The molecule has 6 heteroatoms. The van der Waals surface area contributed by atoms with E-state index in [-0.39, 0.29) is 5.91 Å². The van der Waals surface area contributed by atoms with Gasteiger partial charge in [0.2, 0.25) is 0 Å². The zero-order valence-electron chi connectivity index (χ0n) is 11.3. The number of pyridine rings is 1. The first-order valence-corrected chi connectivity index (χ1v) is 6.14. The summed E-state index contributed by atoms with van der Waals surface area (Å²) in [6.07, 6.45) is 0.776. The number of ether oxygens (including phenoxy) is 1. The van der Waals surface area contributed by atoms with Gasteiger partial charge in [-0.3, -0.25) is 4.79 Å². The van der Waals surface area contributed by atoms with Crippen molar-refractivity contribution >= 4 is 17.0 Å². The van der Waals surface area contributed by atoms with E-state index in [1.54, 1.807) is 20.1 Å². The monoisotopic (exact) mass is 263 g/mol. The fraction of sp³-hybridized carbons (Fsp3) is 0.462. The fourth-order valence-corrected chi connectivity index (χ4v) is 1.91. The van der Waals surface area contributed by atoms with Gasteiger partial charge in [0.1, 0.15) is 0 Å². The molecular weight excluding hydrogens is 246 g/mol. The molecule has 0 saturated heterocycles. The smallest absolute Gasteiger partial charge is 0.258 e. The van der Waals surface area contributed by atoms with E-state index in [1.807, 2.05) is 6.92 Å². The van der Waals surface area contributed by atoms with E-state index in [9.17, 15) is 4.79 Å². The lowest BCUT2D eigenvalue weighted by Gasteiger charge is -2.06. The molecule has 2 heterocycles. The van der Waals surface area contributed by atoms with Crippen molar-refractivity contribution in [3.63, 3.8) is 0 Å². The summed E-state index contributed by atoms with van der Waals surface area (Å²) < 4.78 is 10.0. The third-order valence-electron chi connectivity index (χ3n) is 2.80. The summed E-state index contributed by atoms with van der Waals surface area (Å²) >= 11 is 0. The second-order valence-corrected chi connectivity index (χ2v) is 4.36. The first-order chi connectivity index (χ1) is 9.13. The number of amides is 1. The molecule has 0 aliphatic carbocycles. The van der Waals surface area contributed by atoms with Crippen LogP contribution >= 0.6 is 0 Å². The van der Waals surface area contributed by atoms with Crippen LogP contribution in [0.25, 0.3) is 11.1 Å². The van der Waals surface area contributed by atoms with Crippen molar-refractivity contribution in [3.8, 4) is 0 Å². The highest BCUT2D eigenvalue weighted by Gasteiger charge is 2.17. The molecule has 0 aromatic carbocycles. The van der Waals surface area contributed by atoms with E-state index < -0.39 is 0 Å². The van der Waals surface area contributed by atoms with Gasteiger partial charge >= 0.3 is 0 Å². The highest BCUT2D eigenvalue weighted by molar-refractivity contribution is 6.05. The van der Waals surface area contributed by atoms with Gasteiger partial charge in [0, 0.05) is 26.0 Å². The number of hydrogen-bond acceptors (Lipinski definition) is 5. The van der Waals surface area contributed by atoms with Crippen LogP contribution in [0.2, 0.25) is 0 Å². The predicted octanol–water partition coefficient (Wildman–Crippen LogP) is 1.61. The normalized spacial score (nSPS) is 10.9. The quantitative estimate of drug-likeness (QED) is 0.829. The first kappa shape index (κ1) is 13.5. The standard InChI is InChI=1S/C13H17N3O3/c1-8-7-10(12(17)14-5-4-6-18-3)11-9(2)16-19-13(11)15-8/h7H,4-6H2,1-3H3,(H,14,17). The second-order valence-electron chi connectivity index (χ2n) is 4.36. The number of rotatable bonds is 5. The first-order valence-electron chi connectivity index (χ1n) is 6.14.